The molecular formula is C15H22BrClN2. The van der Waals surface area contributed by atoms with Gasteiger partial charge in [-0.3, -0.25) is 4.90 Å². The quantitative estimate of drug-likeness (QED) is 0.881. The fourth-order valence-corrected chi connectivity index (χ4v) is 3.64. The van der Waals surface area contributed by atoms with Gasteiger partial charge in [0, 0.05) is 29.6 Å². The first-order chi connectivity index (χ1) is 8.74. The van der Waals surface area contributed by atoms with Gasteiger partial charge in [-0.1, -0.05) is 28.1 Å². The molecule has 0 saturated carbocycles. The molecule has 2 heterocycles. The number of halogens is 2. The average Bonchev–Trinajstić information content (AvgIpc) is 2.86. The highest BCUT2D eigenvalue weighted by Crippen LogP contribution is 2.30. The number of likely N-dealkylation sites (tertiary alicyclic amines) is 1. The van der Waals surface area contributed by atoms with Gasteiger partial charge in [0.25, 0.3) is 0 Å². The van der Waals surface area contributed by atoms with Crippen molar-refractivity contribution in [1.82, 2.24) is 10.2 Å². The van der Waals surface area contributed by atoms with Crippen LogP contribution in [0, 0.1) is 5.92 Å². The van der Waals surface area contributed by atoms with E-state index in [4.69, 9.17) is 0 Å². The SMILES string of the molecule is CC(c1ccc(Br)cc1)N1CCC2NCCC2C1.Cl. The molecule has 2 aliphatic rings. The lowest BCUT2D eigenvalue weighted by atomic mass is 9.91. The van der Waals surface area contributed by atoms with Gasteiger partial charge in [-0.15, -0.1) is 12.4 Å². The molecule has 0 aromatic heterocycles. The second kappa shape index (κ2) is 6.57. The van der Waals surface area contributed by atoms with E-state index in [1.54, 1.807) is 0 Å². The van der Waals surface area contributed by atoms with Crippen LogP contribution in [0.3, 0.4) is 0 Å². The minimum Gasteiger partial charge on any atom is -0.314 e. The molecule has 1 aromatic rings. The van der Waals surface area contributed by atoms with E-state index in [-0.39, 0.29) is 12.4 Å². The van der Waals surface area contributed by atoms with Crippen LogP contribution < -0.4 is 5.32 Å². The summed E-state index contributed by atoms with van der Waals surface area (Å²) in [5.41, 5.74) is 1.43. The van der Waals surface area contributed by atoms with Crippen molar-refractivity contribution in [3.63, 3.8) is 0 Å². The maximum Gasteiger partial charge on any atom is 0.0320 e. The lowest BCUT2D eigenvalue weighted by molar-refractivity contribution is 0.122. The number of nitrogens with one attached hydrogen (secondary N) is 1. The van der Waals surface area contributed by atoms with Crippen LogP contribution in [0.5, 0.6) is 0 Å². The van der Waals surface area contributed by atoms with Gasteiger partial charge in [-0.25, -0.2) is 0 Å². The van der Waals surface area contributed by atoms with E-state index in [2.05, 4.69) is 57.3 Å². The number of piperidine rings is 1. The third kappa shape index (κ3) is 3.33. The number of hydrogen-bond acceptors (Lipinski definition) is 2. The number of rotatable bonds is 2. The topological polar surface area (TPSA) is 15.3 Å². The van der Waals surface area contributed by atoms with Crippen LogP contribution in [0.15, 0.2) is 28.7 Å². The first-order valence-corrected chi connectivity index (χ1v) is 7.76. The molecule has 2 saturated heterocycles. The molecule has 4 heteroatoms. The van der Waals surface area contributed by atoms with Crippen molar-refractivity contribution in [1.29, 1.82) is 0 Å². The highest BCUT2D eigenvalue weighted by atomic mass is 79.9. The van der Waals surface area contributed by atoms with E-state index in [1.165, 1.54) is 38.0 Å². The van der Waals surface area contributed by atoms with Gasteiger partial charge in [0.15, 0.2) is 0 Å². The molecule has 0 aliphatic carbocycles. The molecule has 3 unspecified atom stereocenters. The maximum absolute atomic E-state index is 3.63. The summed E-state index contributed by atoms with van der Waals surface area (Å²) in [6.45, 7) is 6.04. The van der Waals surface area contributed by atoms with Gasteiger partial charge in [0.2, 0.25) is 0 Å². The monoisotopic (exact) mass is 344 g/mol. The number of nitrogens with zero attached hydrogens (tertiary/aromatic N) is 1. The standard InChI is InChI=1S/C15H21BrN2.ClH/c1-11(12-2-4-14(16)5-3-12)18-9-7-15-13(10-18)6-8-17-15;/h2-5,11,13,15,17H,6-10H2,1H3;1H. The van der Waals surface area contributed by atoms with Gasteiger partial charge in [-0.05, 0) is 49.9 Å². The molecule has 1 aromatic carbocycles. The summed E-state index contributed by atoms with van der Waals surface area (Å²) < 4.78 is 1.16. The summed E-state index contributed by atoms with van der Waals surface area (Å²) in [7, 11) is 0. The van der Waals surface area contributed by atoms with Crippen molar-refractivity contribution in [2.75, 3.05) is 19.6 Å². The molecule has 0 bridgehead atoms. The molecule has 0 spiro atoms. The van der Waals surface area contributed by atoms with E-state index >= 15 is 0 Å². The summed E-state index contributed by atoms with van der Waals surface area (Å²) in [6, 6.07) is 10.1. The number of benzene rings is 1. The van der Waals surface area contributed by atoms with Crippen molar-refractivity contribution in [2.24, 2.45) is 5.92 Å². The molecule has 2 nitrogen and oxygen atoms in total. The molecule has 0 amide bonds. The Balaban J connectivity index is 0.00000133. The maximum atomic E-state index is 3.63. The summed E-state index contributed by atoms with van der Waals surface area (Å²) in [4.78, 5) is 2.65. The lowest BCUT2D eigenvalue weighted by Gasteiger charge is -2.38. The lowest BCUT2D eigenvalue weighted by Crippen LogP contribution is -2.45. The van der Waals surface area contributed by atoms with Gasteiger partial charge in [0.1, 0.15) is 0 Å². The first kappa shape index (κ1) is 15.3. The molecule has 0 radical (unpaired) electrons. The van der Waals surface area contributed by atoms with Crippen LogP contribution in [-0.4, -0.2) is 30.6 Å². The first-order valence-electron chi connectivity index (χ1n) is 6.97. The van der Waals surface area contributed by atoms with Gasteiger partial charge in [-0.2, -0.15) is 0 Å². The predicted molar refractivity (Wildman–Crippen MR) is 85.9 cm³/mol. The third-order valence-corrected chi connectivity index (χ3v) is 5.12. The van der Waals surface area contributed by atoms with E-state index < -0.39 is 0 Å². The minimum absolute atomic E-state index is 0. The number of hydrogen-bond donors (Lipinski definition) is 1. The second-order valence-corrected chi connectivity index (χ2v) is 6.54. The zero-order valence-corrected chi connectivity index (χ0v) is 13.7. The molecule has 3 atom stereocenters. The Bertz CT molecular complexity index is 409. The molecule has 3 rings (SSSR count). The predicted octanol–water partition coefficient (Wildman–Crippen LogP) is 3.62. The zero-order valence-electron chi connectivity index (χ0n) is 11.3. The van der Waals surface area contributed by atoms with E-state index in [0.29, 0.717) is 6.04 Å². The van der Waals surface area contributed by atoms with E-state index in [0.717, 1.165) is 16.4 Å². The summed E-state index contributed by atoms with van der Waals surface area (Å²) >= 11 is 3.51. The molecule has 2 fully saturated rings. The molecule has 19 heavy (non-hydrogen) atoms. The van der Waals surface area contributed by atoms with Gasteiger partial charge in [0.05, 0.1) is 0 Å². The molecular weight excluding hydrogens is 324 g/mol. The normalized spacial score (nSPS) is 28.5. The average molecular weight is 346 g/mol. The Morgan fingerprint density at radius 2 is 2.00 bits per heavy atom. The van der Waals surface area contributed by atoms with Crippen molar-refractivity contribution >= 4 is 28.3 Å². The van der Waals surface area contributed by atoms with E-state index in [1.807, 2.05) is 0 Å². The largest absolute Gasteiger partial charge is 0.314 e. The Labute approximate surface area is 130 Å². The van der Waals surface area contributed by atoms with Crippen LogP contribution in [-0.2, 0) is 0 Å². The Morgan fingerprint density at radius 1 is 1.26 bits per heavy atom. The fraction of sp³-hybridized carbons (Fsp3) is 0.600. The van der Waals surface area contributed by atoms with Gasteiger partial charge >= 0.3 is 0 Å². The van der Waals surface area contributed by atoms with Crippen LogP contribution in [0.2, 0.25) is 0 Å². The van der Waals surface area contributed by atoms with Gasteiger partial charge < -0.3 is 5.32 Å². The molecule has 2 aliphatic heterocycles. The summed E-state index contributed by atoms with van der Waals surface area (Å²) in [5, 5.41) is 3.63. The molecule has 1 N–H and O–H groups in total. The van der Waals surface area contributed by atoms with Crippen molar-refractivity contribution in [3.8, 4) is 0 Å². The van der Waals surface area contributed by atoms with Crippen LogP contribution >= 0.6 is 28.3 Å². The highest BCUT2D eigenvalue weighted by molar-refractivity contribution is 9.10. The van der Waals surface area contributed by atoms with E-state index in [9.17, 15) is 0 Å². The second-order valence-electron chi connectivity index (χ2n) is 5.62. The molecule has 106 valence electrons. The Hall–Kier alpha value is -0.0900. The highest BCUT2D eigenvalue weighted by Gasteiger charge is 2.34. The van der Waals surface area contributed by atoms with Crippen molar-refractivity contribution < 1.29 is 0 Å². The minimum atomic E-state index is 0. The Morgan fingerprint density at radius 3 is 2.74 bits per heavy atom. The smallest absolute Gasteiger partial charge is 0.0320 e. The van der Waals surface area contributed by atoms with Crippen LogP contribution in [0.1, 0.15) is 31.4 Å². The fourth-order valence-electron chi connectivity index (χ4n) is 3.38. The van der Waals surface area contributed by atoms with Crippen molar-refractivity contribution in [2.45, 2.75) is 31.8 Å². The van der Waals surface area contributed by atoms with Crippen LogP contribution in [0.4, 0.5) is 0 Å². The van der Waals surface area contributed by atoms with Crippen molar-refractivity contribution in [3.05, 3.63) is 34.3 Å². The van der Waals surface area contributed by atoms with Crippen LogP contribution in [0.25, 0.3) is 0 Å². The summed E-state index contributed by atoms with van der Waals surface area (Å²) in [6.07, 6.45) is 2.67. The zero-order chi connectivity index (χ0) is 12.5. The number of fused-ring (bicyclic) bond motifs is 1. The summed E-state index contributed by atoms with van der Waals surface area (Å²) in [5.74, 6) is 0.872. The Kier molecular flexibility index (Phi) is 5.29. The third-order valence-electron chi connectivity index (χ3n) is 4.59.